The van der Waals surface area contributed by atoms with E-state index in [1.165, 1.54) is 7.11 Å². The molecule has 1 fully saturated rings. The van der Waals surface area contributed by atoms with Crippen molar-refractivity contribution in [2.75, 3.05) is 23.9 Å². The van der Waals surface area contributed by atoms with E-state index in [2.05, 4.69) is 5.32 Å². The van der Waals surface area contributed by atoms with Gasteiger partial charge in [-0.15, -0.1) is 0 Å². The number of benzene rings is 2. The topological polar surface area (TPSA) is 93.9 Å². The summed E-state index contributed by atoms with van der Waals surface area (Å²) in [5.74, 6) is 0.270. The molecule has 1 aliphatic heterocycles. The summed E-state index contributed by atoms with van der Waals surface area (Å²) in [6.07, 6.45) is 2.43. The van der Waals surface area contributed by atoms with Crippen LogP contribution in [-0.4, -0.2) is 31.6 Å². The number of amides is 2. The fraction of sp³-hybridized carbons (Fsp3) is 0.440. The zero-order valence-corrected chi connectivity index (χ0v) is 19.4. The second-order valence-electron chi connectivity index (χ2n) is 8.21. The van der Waals surface area contributed by atoms with Crippen molar-refractivity contribution in [3.63, 3.8) is 0 Å². The number of hydrogen-bond donors (Lipinski definition) is 2. The third-order valence-electron chi connectivity index (χ3n) is 5.44. The third kappa shape index (κ3) is 4.82. The van der Waals surface area contributed by atoms with Crippen LogP contribution in [0.4, 0.5) is 11.4 Å². The summed E-state index contributed by atoms with van der Waals surface area (Å²) in [5.41, 5.74) is 9.09. The number of anilines is 2. The first-order chi connectivity index (χ1) is 15.4. The summed E-state index contributed by atoms with van der Waals surface area (Å²) in [4.78, 5) is 27.1. The fourth-order valence-corrected chi connectivity index (χ4v) is 4.15. The molecular weight excluding hydrogens is 406 g/mol. The van der Waals surface area contributed by atoms with Gasteiger partial charge in [0.05, 0.1) is 18.8 Å². The van der Waals surface area contributed by atoms with Gasteiger partial charge in [-0.25, -0.2) is 0 Å². The molecule has 2 amide bonds. The highest BCUT2D eigenvalue weighted by molar-refractivity contribution is 6.08. The van der Waals surface area contributed by atoms with Gasteiger partial charge in [-0.3, -0.25) is 9.59 Å². The number of nitrogens with one attached hydrogen (secondary N) is 1. The normalized spacial score (nSPS) is 13.5. The van der Waals surface area contributed by atoms with Gasteiger partial charge in [-0.1, -0.05) is 43.7 Å². The van der Waals surface area contributed by atoms with Gasteiger partial charge >= 0.3 is 0 Å². The van der Waals surface area contributed by atoms with Crippen LogP contribution in [0.25, 0.3) is 0 Å². The van der Waals surface area contributed by atoms with Gasteiger partial charge < -0.3 is 25.4 Å². The summed E-state index contributed by atoms with van der Waals surface area (Å²) >= 11 is 0. The third-order valence-corrected chi connectivity index (χ3v) is 5.44. The van der Waals surface area contributed by atoms with Crippen molar-refractivity contribution in [2.45, 2.75) is 59.1 Å². The van der Waals surface area contributed by atoms with Crippen molar-refractivity contribution in [3.8, 4) is 11.5 Å². The predicted octanol–water partition coefficient (Wildman–Crippen LogP) is 4.27. The Morgan fingerprint density at radius 2 is 1.94 bits per heavy atom. The van der Waals surface area contributed by atoms with Crippen molar-refractivity contribution in [3.05, 3.63) is 47.0 Å². The number of hydrogen-bond acceptors (Lipinski definition) is 5. The first kappa shape index (κ1) is 23.4. The quantitative estimate of drug-likeness (QED) is 0.576. The molecule has 0 spiro atoms. The zero-order chi connectivity index (χ0) is 23.3. The number of nitrogens with two attached hydrogens (primary N) is 1. The minimum atomic E-state index is -0.596. The van der Waals surface area contributed by atoms with Crippen LogP contribution in [0, 0.1) is 0 Å². The van der Waals surface area contributed by atoms with Crippen LogP contribution in [0.3, 0.4) is 0 Å². The van der Waals surface area contributed by atoms with Crippen molar-refractivity contribution in [1.29, 1.82) is 0 Å². The van der Waals surface area contributed by atoms with Crippen LogP contribution in [-0.2, 0) is 17.8 Å². The van der Waals surface area contributed by atoms with Crippen molar-refractivity contribution in [1.82, 2.24) is 0 Å². The smallest absolute Gasteiger partial charge is 0.252 e. The van der Waals surface area contributed by atoms with E-state index >= 15 is 0 Å². The molecule has 1 heterocycles. The van der Waals surface area contributed by atoms with E-state index in [1.807, 2.05) is 51.1 Å². The maximum atomic E-state index is 12.8. The van der Waals surface area contributed by atoms with E-state index in [1.54, 1.807) is 4.90 Å². The average molecular weight is 440 g/mol. The van der Waals surface area contributed by atoms with Gasteiger partial charge in [0.2, 0.25) is 5.91 Å². The molecular formula is C25H33N3O4. The number of carbonyl (C=O) groups is 2. The summed E-state index contributed by atoms with van der Waals surface area (Å²) in [6.45, 7) is 6.97. The van der Waals surface area contributed by atoms with Gasteiger partial charge in [0.25, 0.3) is 5.91 Å². The van der Waals surface area contributed by atoms with Crippen LogP contribution in [0.5, 0.6) is 11.5 Å². The molecule has 3 rings (SSSR count). The number of methoxy groups -OCH3 is 1. The monoisotopic (exact) mass is 439 g/mol. The van der Waals surface area contributed by atoms with E-state index < -0.39 is 5.91 Å². The molecule has 2 aromatic carbocycles. The highest BCUT2D eigenvalue weighted by atomic mass is 16.5. The van der Waals surface area contributed by atoms with Crippen LogP contribution >= 0.6 is 0 Å². The standard InChI is InChI=1S/C25H33N3O4/c1-5-10-18-20(25(26)30)24(31-4)22(28-14-9-13-19(28)29)21(23(18)32-16(2)3)27-15-17-11-7-6-8-12-17/h6-8,11-12,16,27H,5,9-10,13-15H2,1-4H3,(H2,26,30). The lowest BCUT2D eigenvalue weighted by Gasteiger charge is -2.29. The van der Waals surface area contributed by atoms with Crippen LogP contribution < -0.4 is 25.4 Å². The molecule has 0 saturated carbocycles. The van der Waals surface area contributed by atoms with E-state index in [4.69, 9.17) is 15.2 Å². The van der Waals surface area contributed by atoms with Crippen molar-refractivity contribution < 1.29 is 19.1 Å². The maximum absolute atomic E-state index is 12.8. The predicted molar refractivity (Wildman–Crippen MR) is 127 cm³/mol. The molecule has 0 atom stereocenters. The highest BCUT2D eigenvalue weighted by Crippen LogP contribution is 2.50. The lowest BCUT2D eigenvalue weighted by atomic mass is 9.96. The van der Waals surface area contributed by atoms with Gasteiger partial charge in [0.15, 0.2) is 5.75 Å². The van der Waals surface area contributed by atoms with Crippen LogP contribution in [0.1, 0.15) is 61.5 Å². The number of ether oxygens (including phenoxy) is 2. The molecule has 0 bridgehead atoms. The summed E-state index contributed by atoms with van der Waals surface area (Å²) in [6, 6.07) is 9.98. The Balaban J connectivity index is 2.30. The largest absolute Gasteiger partial charge is 0.494 e. The van der Waals surface area contributed by atoms with E-state index in [0.717, 1.165) is 18.4 Å². The first-order valence-electron chi connectivity index (χ1n) is 11.2. The van der Waals surface area contributed by atoms with Crippen molar-refractivity contribution in [2.24, 2.45) is 5.73 Å². The van der Waals surface area contributed by atoms with E-state index in [9.17, 15) is 9.59 Å². The molecule has 1 saturated heterocycles. The number of nitrogens with zero attached hydrogens (tertiary/aromatic N) is 1. The molecule has 3 N–H and O–H groups in total. The molecule has 172 valence electrons. The van der Waals surface area contributed by atoms with Gasteiger partial charge in [0, 0.05) is 25.1 Å². The Kier molecular flexibility index (Phi) is 7.62. The minimum absolute atomic E-state index is 0.0137. The van der Waals surface area contributed by atoms with Gasteiger partial charge in [-0.2, -0.15) is 0 Å². The van der Waals surface area contributed by atoms with Gasteiger partial charge in [0.1, 0.15) is 17.1 Å². The molecule has 2 aromatic rings. The fourth-order valence-electron chi connectivity index (χ4n) is 4.15. The molecule has 0 aromatic heterocycles. The molecule has 0 aliphatic carbocycles. The van der Waals surface area contributed by atoms with Crippen LogP contribution in [0.15, 0.2) is 30.3 Å². The lowest BCUT2D eigenvalue weighted by Crippen LogP contribution is -2.28. The summed E-state index contributed by atoms with van der Waals surface area (Å²) in [7, 11) is 1.51. The molecule has 0 radical (unpaired) electrons. The van der Waals surface area contributed by atoms with Gasteiger partial charge in [-0.05, 0) is 32.3 Å². The zero-order valence-electron chi connectivity index (χ0n) is 19.4. The Labute approximate surface area is 189 Å². The Hall–Kier alpha value is -3.22. The molecule has 0 unspecified atom stereocenters. The summed E-state index contributed by atoms with van der Waals surface area (Å²) in [5, 5.41) is 3.49. The first-order valence-corrected chi connectivity index (χ1v) is 11.2. The van der Waals surface area contributed by atoms with Crippen LogP contribution in [0.2, 0.25) is 0 Å². The highest BCUT2D eigenvalue weighted by Gasteiger charge is 2.35. The second kappa shape index (κ2) is 10.4. The second-order valence-corrected chi connectivity index (χ2v) is 8.21. The van der Waals surface area contributed by atoms with E-state index in [-0.39, 0.29) is 17.6 Å². The van der Waals surface area contributed by atoms with Crippen molar-refractivity contribution >= 4 is 23.2 Å². The Morgan fingerprint density at radius 1 is 1.22 bits per heavy atom. The SMILES string of the molecule is CCCc1c(OC(C)C)c(NCc2ccccc2)c(N2CCCC2=O)c(OC)c1C(N)=O. The molecule has 32 heavy (non-hydrogen) atoms. The molecule has 7 heteroatoms. The Bertz CT molecular complexity index is 973. The molecule has 1 aliphatic rings. The number of primary amides is 1. The molecule has 7 nitrogen and oxygen atoms in total. The number of rotatable bonds is 10. The minimum Gasteiger partial charge on any atom is -0.494 e. The van der Waals surface area contributed by atoms with E-state index in [0.29, 0.717) is 54.4 Å². The Morgan fingerprint density at radius 3 is 2.47 bits per heavy atom. The number of carbonyl (C=O) groups excluding carboxylic acids is 2. The summed E-state index contributed by atoms with van der Waals surface area (Å²) < 4.78 is 12.0. The average Bonchev–Trinajstić information content (AvgIpc) is 3.18. The maximum Gasteiger partial charge on any atom is 0.252 e. The lowest BCUT2D eigenvalue weighted by molar-refractivity contribution is -0.117.